The van der Waals surface area contributed by atoms with E-state index in [4.69, 9.17) is 9.47 Å². The van der Waals surface area contributed by atoms with E-state index in [1.165, 1.54) is 23.5 Å². The van der Waals surface area contributed by atoms with Crippen LogP contribution in [0.3, 0.4) is 0 Å². The summed E-state index contributed by atoms with van der Waals surface area (Å²) in [5, 5.41) is 14.0. The van der Waals surface area contributed by atoms with Crippen LogP contribution in [0.4, 0.5) is 10.8 Å². The lowest BCUT2D eigenvalue weighted by atomic mass is 10.1. The van der Waals surface area contributed by atoms with Crippen molar-refractivity contribution < 1.29 is 28.8 Å². The fraction of sp³-hybridized carbons (Fsp3) is 0.158. The third-order valence-electron chi connectivity index (χ3n) is 4.77. The zero-order valence-corrected chi connectivity index (χ0v) is 16.4. The third kappa shape index (κ3) is 3.13. The number of thiazole rings is 1. The van der Waals surface area contributed by atoms with Crippen LogP contribution < -0.4 is 14.8 Å². The van der Waals surface area contributed by atoms with Crippen molar-refractivity contribution in [1.29, 1.82) is 0 Å². The Hall–Kier alpha value is -4.06. The minimum atomic E-state index is -0.881. The molecule has 3 amide bonds. The van der Waals surface area contributed by atoms with E-state index in [0.717, 1.165) is 10.8 Å². The number of aromatic nitrogens is 1. The molecule has 12 heteroatoms. The van der Waals surface area contributed by atoms with Gasteiger partial charge in [0.2, 0.25) is 5.91 Å². The average molecular weight is 440 g/mol. The van der Waals surface area contributed by atoms with Crippen molar-refractivity contribution >= 4 is 50.1 Å². The minimum absolute atomic E-state index is 0.0995. The van der Waals surface area contributed by atoms with Gasteiger partial charge in [0, 0.05) is 18.2 Å². The van der Waals surface area contributed by atoms with Crippen LogP contribution >= 0.6 is 11.3 Å². The summed E-state index contributed by atoms with van der Waals surface area (Å²) in [6.45, 7) is 0.284. The molecule has 1 N–H and O–H groups in total. The Kier molecular flexibility index (Phi) is 4.29. The van der Waals surface area contributed by atoms with Crippen LogP contribution in [0.2, 0.25) is 0 Å². The van der Waals surface area contributed by atoms with Crippen LogP contribution in [-0.2, 0) is 4.79 Å². The first-order valence-corrected chi connectivity index (χ1v) is 9.87. The van der Waals surface area contributed by atoms with Crippen LogP contribution in [0.25, 0.3) is 10.2 Å². The summed E-state index contributed by atoms with van der Waals surface area (Å²) < 4.78 is 11.8. The summed E-state index contributed by atoms with van der Waals surface area (Å²) in [7, 11) is 0. The Morgan fingerprint density at radius 1 is 1.19 bits per heavy atom. The third-order valence-corrected chi connectivity index (χ3v) is 5.71. The lowest BCUT2D eigenvalue weighted by Gasteiger charge is -2.17. The van der Waals surface area contributed by atoms with Crippen molar-refractivity contribution in [3.8, 4) is 11.5 Å². The number of nitro benzene ring substituents is 1. The molecule has 0 fully saturated rings. The number of nitrogens with zero attached hydrogens (tertiary/aromatic N) is 3. The molecule has 5 rings (SSSR count). The van der Waals surface area contributed by atoms with Gasteiger partial charge in [0.15, 0.2) is 16.6 Å². The van der Waals surface area contributed by atoms with E-state index in [0.29, 0.717) is 35.1 Å². The maximum Gasteiger partial charge on any atom is 0.282 e. The van der Waals surface area contributed by atoms with E-state index in [2.05, 4.69) is 10.3 Å². The summed E-state index contributed by atoms with van der Waals surface area (Å²) in [4.78, 5) is 53.0. The number of nitro groups is 1. The standard InChI is InChI=1S/C19H12N4O7S/c24-15(8-22-17(25)9-2-1-3-11(23(27)28)16(9)18(22)26)21-19-20-10-6-12-13(7-14(10)31-19)30-5-4-29-12/h1-3,6-7H,4-5,8H2,(H,20,21,24). The lowest BCUT2D eigenvalue weighted by Crippen LogP contribution is -2.37. The van der Waals surface area contributed by atoms with Gasteiger partial charge in [-0.3, -0.25) is 29.4 Å². The molecule has 11 nitrogen and oxygen atoms in total. The predicted molar refractivity (Wildman–Crippen MR) is 108 cm³/mol. The molecule has 3 aromatic rings. The highest BCUT2D eigenvalue weighted by atomic mass is 32.1. The zero-order chi connectivity index (χ0) is 21.7. The quantitative estimate of drug-likeness (QED) is 0.370. The van der Waals surface area contributed by atoms with E-state index >= 15 is 0 Å². The number of ether oxygens (including phenoxy) is 2. The van der Waals surface area contributed by atoms with Gasteiger partial charge in [-0.05, 0) is 6.07 Å². The number of carbonyl (C=O) groups excluding carboxylic acids is 3. The average Bonchev–Trinajstić information content (AvgIpc) is 3.24. The molecule has 0 atom stereocenters. The minimum Gasteiger partial charge on any atom is -0.486 e. The number of hydrogen-bond acceptors (Lipinski definition) is 9. The van der Waals surface area contributed by atoms with Crippen LogP contribution in [0.15, 0.2) is 30.3 Å². The fourth-order valence-electron chi connectivity index (χ4n) is 3.43. The van der Waals surface area contributed by atoms with E-state index in [9.17, 15) is 24.5 Å². The summed E-state index contributed by atoms with van der Waals surface area (Å²) in [5.41, 5.74) is -0.285. The van der Waals surface area contributed by atoms with Crippen molar-refractivity contribution in [2.75, 3.05) is 25.1 Å². The number of nitrogens with one attached hydrogen (secondary N) is 1. The van der Waals surface area contributed by atoms with Crippen molar-refractivity contribution in [1.82, 2.24) is 9.88 Å². The molecule has 0 aliphatic carbocycles. The number of imide groups is 1. The summed E-state index contributed by atoms with van der Waals surface area (Å²) in [6.07, 6.45) is 0. The molecule has 3 heterocycles. The highest BCUT2D eigenvalue weighted by molar-refractivity contribution is 7.22. The summed E-state index contributed by atoms with van der Waals surface area (Å²) >= 11 is 1.20. The molecule has 0 bridgehead atoms. The van der Waals surface area contributed by atoms with Crippen LogP contribution in [0.5, 0.6) is 11.5 Å². The molecule has 0 spiro atoms. The monoisotopic (exact) mass is 440 g/mol. The van der Waals surface area contributed by atoms with Gasteiger partial charge >= 0.3 is 0 Å². The van der Waals surface area contributed by atoms with Crippen molar-refractivity contribution in [3.63, 3.8) is 0 Å². The second-order valence-electron chi connectivity index (χ2n) is 6.68. The zero-order valence-electron chi connectivity index (χ0n) is 15.6. The fourth-order valence-corrected chi connectivity index (χ4v) is 4.32. The largest absolute Gasteiger partial charge is 0.486 e. The van der Waals surface area contributed by atoms with Gasteiger partial charge in [-0.25, -0.2) is 4.98 Å². The Morgan fingerprint density at radius 3 is 2.68 bits per heavy atom. The molecule has 0 radical (unpaired) electrons. The number of anilines is 1. The Morgan fingerprint density at radius 2 is 1.94 bits per heavy atom. The second kappa shape index (κ2) is 7.02. The number of rotatable bonds is 4. The predicted octanol–water partition coefficient (Wildman–Crippen LogP) is 2.21. The van der Waals surface area contributed by atoms with Gasteiger partial charge in [0.05, 0.1) is 20.7 Å². The smallest absolute Gasteiger partial charge is 0.282 e. The number of hydrogen-bond donors (Lipinski definition) is 1. The van der Waals surface area contributed by atoms with Crippen molar-refractivity contribution in [2.45, 2.75) is 0 Å². The lowest BCUT2D eigenvalue weighted by molar-refractivity contribution is -0.385. The normalized spacial score (nSPS) is 14.6. The molecule has 156 valence electrons. The van der Waals surface area contributed by atoms with Crippen LogP contribution in [-0.4, -0.2) is 52.3 Å². The van der Waals surface area contributed by atoms with Gasteiger partial charge in [-0.2, -0.15) is 0 Å². The van der Waals surface area contributed by atoms with Gasteiger partial charge in [0.25, 0.3) is 17.5 Å². The summed E-state index contributed by atoms with van der Waals surface area (Å²) in [5.74, 6) is -1.14. The van der Waals surface area contributed by atoms with Gasteiger partial charge in [-0.1, -0.05) is 17.4 Å². The van der Waals surface area contributed by atoms with E-state index < -0.39 is 34.9 Å². The first-order valence-electron chi connectivity index (χ1n) is 9.06. The SMILES string of the molecule is O=C(CN1C(=O)c2cccc([N+](=O)[O-])c2C1=O)Nc1nc2cc3c(cc2s1)OCCO3. The number of fused-ring (bicyclic) bond motifs is 3. The summed E-state index contributed by atoms with van der Waals surface area (Å²) in [6, 6.07) is 7.25. The molecule has 1 aromatic heterocycles. The number of amides is 3. The molecule has 31 heavy (non-hydrogen) atoms. The molecule has 2 aliphatic rings. The van der Waals surface area contributed by atoms with Crippen LogP contribution in [0.1, 0.15) is 20.7 Å². The number of carbonyl (C=O) groups is 3. The first-order chi connectivity index (χ1) is 14.9. The molecular weight excluding hydrogens is 428 g/mol. The molecule has 2 aliphatic heterocycles. The molecule has 2 aromatic carbocycles. The highest BCUT2D eigenvalue weighted by Gasteiger charge is 2.41. The second-order valence-corrected chi connectivity index (χ2v) is 7.71. The van der Waals surface area contributed by atoms with Gasteiger partial charge in [0.1, 0.15) is 25.3 Å². The molecular formula is C19H12N4O7S. The van der Waals surface area contributed by atoms with Gasteiger partial charge < -0.3 is 14.8 Å². The molecule has 0 unspecified atom stereocenters. The maximum absolute atomic E-state index is 12.6. The Balaban J connectivity index is 1.35. The highest BCUT2D eigenvalue weighted by Crippen LogP contribution is 2.38. The first kappa shape index (κ1) is 18.9. The Labute approximate surface area is 177 Å². The van der Waals surface area contributed by atoms with E-state index in [1.54, 1.807) is 12.1 Å². The van der Waals surface area contributed by atoms with Gasteiger partial charge in [-0.15, -0.1) is 0 Å². The molecule has 0 saturated heterocycles. The van der Waals surface area contributed by atoms with E-state index in [1.807, 2.05) is 0 Å². The van der Waals surface area contributed by atoms with Crippen molar-refractivity contribution in [2.24, 2.45) is 0 Å². The Bertz CT molecular complexity index is 1260. The topological polar surface area (TPSA) is 141 Å². The van der Waals surface area contributed by atoms with Crippen LogP contribution in [0, 0.1) is 10.1 Å². The molecule has 0 saturated carbocycles. The van der Waals surface area contributed by atoms with Crippen molar-refractivity contribution in [3.05, 3.63) is 51.6 Å². The number of benzene rings is 2. The van der Waals surface area contributed by atoms with E-state index in [-0.39, 0.29) is 16.3 Å². The maximum atomic E-state index is 12.6.